The maximum absolute atomic E-state index is 10.9. The molecule has 0 amide bonds. The molecule has 0 aromatic heterocycles. The summed E-state index contributed by atoms with van der Waals surface area (Å²) in [6.45, 7) is 6.09. The fourth-order valence-electron chi connectivity index (χ4n) is 1.60. The quantitative estimate of drug-likeness (QED) is 0.771. The molecule has 0 fully saturated rings. The number of carbonyl (C=O) groups is 1. The maximum Gasteiger partial charge on any atom is 0.334 e. The van der Waals surface area contributed by atoms with E-state index >= 15 is 0 Å². The summed E-state index contributed by atoms with van der Waals surface area (Å²) in [4.78, 5) is 10.9. The summed E-state index contributed by atoms with van der Waals surface area (Å²) in [6.07, 6.45) is 1.95. The second-order valence-corrected chi connectivity index (χ2v) is 4.31. The van der Waals surface area contributed by atoms with Crippen LogP contribution >= 0.6 is 0 Å². The molecule has 1 heterocycles. The predicted molar refractivity (Wildman–Crippen MR) is 61.5 cm³/mol. The second kappa shape index (κ2) is 5.33. The summed E-state index contributed by atoms with van der Waals surface area (Å²) in [6, 6.07) is 0. The first-order chi connectivity index (χ1) is 7.85. The molecule has 0 aromatic carbocycles. The molecule has 0 saturated heterocycles. The number of carboxylic acid groups (broad SMARTS) is 1. The zero-order valence-corrected chi connectivity index (χ0v) is 10.3. The molecule has 0 spiro atoms. The molecule has 1 atom stereocenters. The lowest BCUT2D eigenvalue weighted by molar-refractivity contribution is -0.134. The fraction of sp³-hybridized carbons (Fsp3) is 0.583. The number of aliphatic hydroxyl groups is 1. The molecule has 5 nitrogen and oxygen atoms in total. The molecular formula is C12H18O5. The van der Waals surface area contributed by atoms with E-state index in [9.17, 15) is 9.90 Å². The van der Waals surface area contributed by atoms with Gasteiger partial charge in [0.15, 0.2) is 0 Å². The number of ether oxygens (including phenoxy) is 2. The van der Waals surface area contributed by atoms with Gasteiger partial charge in [-0.3, -0.25) is 0 Å². The Labute approximate surface area is 100 Å². The summed E-state index contributed by atoms with van der Waals surface area (Å²) < 4.78 is 10.7. The zero-order valence-electron chi connectivity index (χ0n) is 10.3. The molecule has 0 radical (unpaired) electrons. The number of hydrogen-bond donors (Lipinski definition) is 2. The van der Waals surface area contributed by atoms with Crippen molar-refractivity contribution in [1.29, 1.82) is 0 Å². The van der Waals surface area contributed by atoms with Crippen molar-refractivity contribution in [2.45, 2.75) is 32.5 Å². The minimum atomic E-state index is -1.14. The van der Waals surface area contributed by atoms with Gasteiger partial charge in [-0.2, -0.15) is 0 Å². The Hall–Kier alpha value is -1.33. The van der Waals surface area contributed by atoms with Crippen LogP contribution in [0.15, 0.2) is 23.5 Å². The lowest BCUT2D eigenvalue weighted by Gasteiger charge is -2.25. The molecule has 1 unspecified atom stereocenters. The third kappa shape index (κ3) is 3.87. The van der Waals surface area contributed by atoms with Crippen LogP contribution < -0.4 is 0 Å². The van der Waals surface area contributed by atoms with Gasteiger partial charge in [0.25, 0.3) is 0 Å². The van der Waals surface area contributed by atoms with Crippen LogP contribution in [0.5, 0.6) is 0 Å². The predicted octanol–water partition coefficient (Wildman–Crippen LogP) is 1.09. The zero-order chi connectivity index (χ0) is 13.1. The van der Waals surface area contributed by atoms with Gasteiger partial charge < -0.3 is 19.7 Å². The molecule has 1 aliphatic rings. The van der Waals surface area contributed by atoms with E-state index in [1.54, 1.807) is 6.08 Å². The second-order valence-electron chi connectivity index (χ2n) is 4.31. The highest BCUT2D eigenvalue weighted by Gasteiger charge is 2.25. The highest BCUT2D eigenvalue weighted by molar-refractivity contribution is 5.88. The third-order valence-electron chi connectivity index (χ3n) is 2.32. The Morgan fingerprint density at radius 1 is 1.71 bits per heavy atom. The number of rotatable bonds is 4. The van der Waals surface area contributed by atoms with Crippen LogP contribution in [0.3, 0.4) is 0 Å². The number of aliphatic hydroxyl groups excluding tert-OH is 1. The Kier molecular flexibility index (Phi) is 4.31. The molecule has 96 valence electrons. The average molecular weight is 242 g/mol. The summed E-state index contributed by atoms with van der Waals surface area (Å²) >= 11 is 0. The number of aliphatic carboxylic acids is 1. The molecule has 2 N–H and O–H groups in total. The number of carboxylic acids is 1. The first kappa shape index (κ1) is 13.7. The van der Waals surface area contributed by atoms with Crippen LogP contribution in [0, 0.1) is 0 Å². The molecule has 1 aliphatic heterocycles. The van der Waals surface area contributed by atoms with Gasteiger partial charge in [-0.25, -0.2) is 4.79 Å². The molecule has 1 rings (SSSR count). The minimum Gasteiger partial charge on any atom is -0.491 e. The van der Waals surface area contributed by atoms with Gasteiger partial charge in [0.05, 0.1) is 11.2 Å². The summed E-state index contributed by atoms with van der Waals surface area (Å²) in [5.41, 5.74) is -0.596. The summed E-state index contributed by atoms with van der Waals surface area (Å²) in [5, 5.41) is 18.3. The molecule has 0 aliphatic carbocycles. The maximum atomic E-state index is 10.9. The van der Waals surface area contributed by atoms with Crippen molar-refractivity contribution in [3.05, 3.63) is 23.5 Å². The van der Waals surface area contributed by atoms with E-state index in [1.807, 2.05) is 20.8 Å². The molecular weight excluding hydrogens is 224 g/mol. The van der Waals surface area contributed by atoms with E-state index in [-0.39, 0.29) is 12.2 Å². The van der Waals surface area contributed by atoms with Gasteiger partial charge in [0.1, 0.15) is 18.5 Å². The van der Waals surface area contributed by atoms with Crippen LogP contribution in [-0.4, -0.2) is 41.1 Å². The normalized spacial score (nSPS) is 23.2. The van der Waals surface area contributed by atoms with E-state index in [0.29, 0.717) is 12.4 Å². The van der Waals surface area contributed by atoms with Gasteiger partial charge in [0, 0.05) is 6.61 Å². The van der Waals surface area contributed by atoms with E-state index in [4.69, 9.17) is 14.6 Å². The van der Waals surface area contributed by atoms with Crippen LogP contribution in [0.25, 0.3) is 0 Å². The van der Waals surface area contributed by atoms with Gasteiger partial charge in [0.2, 0.25) is 0 Å². The van der Waals surface area contributed by atoms with Crippen molar-refractivity contribution in [3.8, 4) is 0 Å². The summed E-state index contributed by atoms with van der Waals surface area (Å²) in [5.74, 6) is -0.730. The Bertz CT molecular complexity index is 354. The Balaban J connectivity index is 2.93. The van der Waals surface area contributed by atoms with Crippen molar-refractivity contribution in [2.75, 3.05) is 13.2 Å². The largest absolute Gasteiger partial charge is 0.491 e. The molecule has 0 saturated carbocycles. The van der Waals surface area contributed by atoms with E-state index < -0.39 is 17.7 Å². The smallest absolute Gasteiger partial charge is 0.334 e. The third-order valence-corrected chi connectivity index (χ3v) is 2.32. The van der Waals surface area contributed by atoms with Crippen molar-refractivity contribution >= 4 is 5.97 Å². The first-order valence-electron chi connectivity index (χ1n) is 5.48. The molecule has 0 bridgehead atoms. The van der Waals surface area contributed by atoms with Gasteiger partial charge in [-0.1, -0.05) is 0 Å². The Morgan fingerprint density at radius 2 is 2.35 bits per heavy atom. The van der Waals surface area contributed by atoms with Gasteiger partial charge >= 0.3 is 5.97 Å². The minimum absolute atomic E-state index is 0.0494. The molecule has 5 heteroatoms. The van der Waals surface area contributed by atoms with E-state index in [0.717, 1.165) is 0 Å². The number of allylic oxidation sites excluding steroid dienone is 1. The van der Waals surface area contributed by atoms with Crippen molar-refractivity contribution < 1.29 is 24.5 Å². The van der Waals surface area contributed by atoms with Crippen molar-refractivity contribution in [2.24, 2.45) is 0 Å². The van der Waals surface area contributed by atoms with Gasteiger partial charge in [-0.15, -0.1) is 0 Å². The lowest BCUT2D eigenvalue weighted by Crippen LogP contribution is -2.28. The standard InChI is InChI=1S/C12H18O5/c1-4-17-12(2,3)6-8-5-9(11(14)15)10(13)7-16-8/h5-6,10,13H,4,7H2,1-3H3,(H,14,15)/b8-6-. The highest BCUT2D eigenvalue weighted by Crippen LogP contribution is 2.21. The molecule has 17 heavy (non-hydrogen) atoms. The van der Waals surface area contributed by atoms with Crippen molar-refractivity contribution in [1.82, 2.24) is 0 Å². The monoisotopic (exact) mass is 242 g/mol. The average Bonchev–Trinajstić information content (AvgIpc) is 2.20. The lowest BCUT2D eigenvalue weighted by atomic mass is 10.0. The van der Waals surface area contributed by atoms with E-state index in [1.165, 1.54) is 6.08 Å². The Morgan fingerprint density at radius 3 is 2.88 bits per heavy atom. The summed E-state index contributed by atoms with van der Waals surface area (Å²) in [7, 11) is 0. The highest BCUT2D eigenvalue weighted by atomic mass is 16.5. The van der Waals surface area contributed by atoms with Gasteiger partial charge in [-0.05, 0) is 32.9 Å². The van der Waals surface area contributed by atoms with Crippen LogP contribution in [0.2, 0.25) is 0 Å². The van der Waals surface area contributed by atoms with Crippen LogP contribution in [-0.2, 0) is 14.3 Å². The SMILES string of the molecule is CCOC(C)(C)/C=C1/C=C(C(=O)O)C(O)CO1. The van der Waals surface area contributed by atoms with Crippen LogP contribution in [0.4, 0.5) is 0 Å². The number of hydrogen-bond acceptors (Lipinski definition) is 4. The first-order valence-corrected chi connectivity index (χ1v) is 5.48. The van der Waals surface area contributed by atoms with E-state index in [2.05, 4.69) is 0 Å². The van der Waals surface area contributed by atoms with Crippen LogP contribution in [0.1, 0.15) is 20.8 Å². The topological polar surface area (TPSA) is 76.0 Å². The fourth-order valence-corrected chi connectivity index (χ4v) is 1.60. The molecule has 0 aromatic rings. The van der Waals surface area contributed by atoms with Crippen molar-refractivity contribution in [3.63, 3.8) is 0 Å².